The van der Waals surface area contributed by atoms with Crippen LogP contribution in [0.2, 0.25) is 0 Å². The molecule has 0 aromatic carbocycles. The van der Waals surface area contributed by atoms with Gasteiger partial charge in [-0.2, -0.15) is 5.10 Å². The standard InChI is InChI=1S/C13H22N6O.HI/c1-3-14-13(15-8-11-6-7-17-19(11)2)16-9-12(20)18-10-4-5-10;/h6-7,10H,3-5,8-9H2,1-2H3,(H,18,20)(H2,14,15,16);1H. The third kappa shape index (κ3) is 6.32. The number of carbonyl (C=O) groups excluding carboxylic acids is 1. The first kappa shape index (κ1) is 17.7. The molecule has 1 aromatic rings. The number of aliphatic imine (C=N–C) groups is 1. The van der Waals surface area contributed by atoms with E-state index in [4.69, 9.17) is 0 Å². The molecule has 1 aliphatic carbocycles. The topological polar surface area (TPSA) is 83.3 Å². The number of rotatable bonds is 6. The highest BCUT2D eigenvalue weighted by Crippen LogP contribution is 2.18. The van der Waals surface area contributed by atoms with E-state index in [-0.39, 0.29) is 36.4 Å². The van der Waals surface area contributed by atoms with Crippen molar-refractivity contribution in [2.24, 2.45) is 12.0 Å². The van der Waals surface area contributed by atoms with Crippen LogP contribution in [0.15, 0.2) is 17.3 Å². The minimum atomic E-state index is 0. The second-order valence-corrected chi connectivity index (χ2v) is 4.84. The van der Waals surface area contributed by atoms with Gasteiger partial charge in [-0.15, -0.1) is 24.0 Å². The minimum absolute atomic E-state index is 0. The van der Waals surface area contributed by atoms with Crippen LogP contribution in [0.3, 0.4) is 0 Å². The van der Waals surface area contributed by atoms with Crippen molar-refractivity contribution in [3.05, 3.63) is 18.0 Å². The highest BCUT2D eigenvalue weighted by molar-refractivity contribution is 14.0. The summed E-state index contributed by atoms with van der Waals surface area (Å²) < 4.78 is 1.78. The monoisotopic (exact) mass is 406 g/mol. The number of carbonyl (C=O) groups is 1. The maximum Gasteiger partial charge on any atom is 0.239 e. The molecular formula is C13H23IN6O. The molecule has 118 valence electrons. The normalized spacial score (nSPS) is 14.3. The largest absolute Gasteiger partial charge is 0.357 e. The predicted octanol–water partition coefficient (Wildman–Crippen LogP) is 0.372. The molecule has 2 rings (SSSR count). The predicted molar refractivity (Wildman–Crippen MR) is 92.6 cm³/mol. The maximum absolute atomic E-state index is 11.6. The smallest absolute Gasteiger partial charge is 0.239 e. The van der Waals surface area contributed by atoms with E-state index in [0.29, 0.717) is 18.5 Å². The molecule has 0 saturated heterocycles. The first-order chi connectivity index (χ1) is 9.69. The number of halogens is 1. The fourth-order valence-corrected chi connectivity index (χ4v) is 1.73. The van der Waals surface area contributed by atoms with Crippen LogP contribution in [-0.4, -0.2) is 40.8 Å². The molecule has 1 amide bonds. The zero-order chi connectivity index (χ0) is 14.4. The van der Waals surface area contributed by atoms with Gasteiger partial charge in [0.05, 0.1) is 18.8 Å². The molecule has 0 radical (unpaired) electrons. The van der Waals surface area contributed by atoms with Gasteiger partial charge >= 0.3 is 0 Å². The van der Waals surface area contributed by atoms with Gasteiger partial charge in [0.25, 0.3) is 0 Å². The zero-order valence-corrected chi connectivity index (χ0v) is 14.8. The van der Waals surface area contributed by atoms with Crippen LogP contribution >= 0.6 is 24.0 Å². The van der Waals surface area contributed by atoms with Crippen LogP contribution in [0.5, 0.6) is 0 Å². The van der Waals surface area contributed by atoms with Crippen molar-refractivity contribution in [2.45, 2.75) is 32.4 Å². The number of nitrogens with zero attached hydrogens (tertiary/aromatic N) is 3. The van der Waals surface area contributed by atoms with Crippen LogP contribution in [-0.2, 0) is 18.4 Å². The first-order valence-corrected chi connectivity index (χ1v) is 6.97. The van der Waals surface area contributed by atoms with Crippen molar-refractivity contribution in [3.8, 4) is 0 Å². The van der Waals surface area contributed by atoms with E-state index in [1.165, 1.54) is 0 Å². The first-order valence-electron chi connectivity index (χ1n) is 6.97. The molecule has 0 aliphatic heterocycles. The van der Waals surface area contributed by atoms with Gasteiger partial charge in [0.1, 0.15) is 0 Å². The van der Waals surface area contributed by atoms with Crippen LogP contribution in [0.25, 0.3) is 0 Å². The van der Waals surface area contributed by atoms with Crippen molar-refractivity contribution < 1.29 is 4.79 Å². The summed E-state index contributed by atoms with van der Waals surface area (Å²) in [5.74, 6) is 0.651. The van der Waals surface area contributed by atoms with Crippen LogP contribution in [0, 0.1) is 0 Å². The van der Waals surface area contributed by atoms with Gasteiger partial charge in [-0.25, -0.2) is 4.99 Å². The Bertz CT molecular complexity index is 483. The average Bonchev–Trinajstić information content (AvgIpc) is 3.14. The van der Waals surface area contributed by atoms with E-state index in [1.54, 1.807) is 10.9 Å². The van der Waals surface area contributed by atoms with E-state index in [0.717, 1.165) is 25.1 Å². The molecule has 0 atom stereocenters. The van der Waals surface area contributed by atoms with Crippen LogP contribution in [0.1, 0.15) is 25.5 Å². The third-order valence-electron chi connectivity index (χ3n) is 3.02. The lowest BCUT2D eigenvalue weighted by molar-refractivity contribution is -0.120. The number of nitrogens with one attached hydrogen (secondary N) is 3. The lowest BCUT2D eigenvalue weighted by Crippen LogP contribution is -2.43. The molecule has 7 nitrogen and oxygen atoms in total. The van der Waals surface area contributed by atoms with E-state index in [2.05, 4.69) is 26.0 Å². The molecule has 3 N–H and O–H groups in total. The van der Waals surface area contributed by atoms with Gasteiger partial charge in [0.2, 0.25) is 5.91 Å². The van der Waals surface area contributed by atoms with E-state index in [9.17, 15) is 4.79 Å². The SMILES string of the molecule is CCNC(=NCc1ccnn1C)NCC(=O)NC1CC1.I. The fraction of sp³-hybridized carbons (Fsp3) is 0.615. The van der Waals surface area contributed by atoms with Crippen molar-refractivity contribution in [1.29, 1.82) is 0 Å². The number of amides is 1. The average molecular weight is 406 g/mol. The van der Waals surface area contributed by atoms with Gasteiger partial charge < -0.3 is 16.0 Å². The molecule has 1 aliphatic rings. The Hall–Kier alpha value is -1.32. The highest BCUT2D eigenvalue weighted by atomic mass is 127. The Morgan fingerprint density at radius 2 is 2.24 bits per heavy atom. The lowest BCUT2D eigenvalue weighted by atomic mass is 10.4. The van der Waals surface area contributed by atoms with Gasteiger partial charge in [0, 0.05) is 25.8 Å². The number of aryl methyl sites for hydroxylation is 1. The van der Waals surface area contributed by atoms with Crippen molar-refractivity contribution >= 4 is 35.8 Å². The summed E-state index contributed by atoms with van der Waals surface area (Å²) in [5, 5.41) is 13.2. The molecule has 0 bridgehead atoms. The molecular weight excluding hydrogens is 383 g/mol. The van der Waals surface area contributed by atoms with Crippen molar-refractivity contribution in [3.63, 3.8) is 0 Å². The van der Waals surface area contributed by atoms with Crippen molar-refractivity contribution in [2.75, 3.05) is 13.1 Å². The Kier molecular flexibility index (Phi) is 7.48. The van der Waals surface area contributed by atoms with Gasteiger partial charge in [-0.1, -0.05) is 0 Å². The second-order valence-electron chi connectivity index (χ2n) is 4.84. The van der Waals surface area contributed by atoms with E-state index >= 15 is 0 Å². The Morgan fingerprint density at radius 3 is 2.81 bits per heavy atom. The number of hydrogen-bond donors (Lipinski definition) is 3. The van der Waals surface area contributed by atoms with Gasteiger partial charge in [-0.3, -0.25) is 9.48 Å². The summed E-state index contributed by atoms with van der Waals surface area (Å²) >= 11 is 0. The molecule has 0 unspecified atom stereocenters. The third-order valence-corrected chi connectivity index (χ3v) is 3.02. The molecule has 8 heteroatoms. The summed E-state index contributed by atoms with van der Waals surface area (Å²) in [6, 6.07) is 2.31. The summed E-state index contributed by atoms with van der Waals surface area (Å²) in [4.78, 5) is 16.1. The van der Waals surface area contributed by atoms with E-state index < -0.39 is 0 Å². The molecule has 1 fully saturated rings. The van der Waals surface area contributed by atoms with Gasteiger partial charge in [-0.05, 0) is 25.8 Å². The van der Waals surface area contributed by atoms with E-state index in [1.807, 2.05) is 20.0 Å². The zero-order valence-electron chi connectivity index (χ0n) is 12.4. The highest BCUT2D eigenvalue weighted by Gasteiger charge is 2.22. The fourth-order valence-electron chi connectivity index (χ4n) is 1.73. The molecule has 1 heterocycles. The number of hydrogen-bond acceptors (Lipinski definition) is 3. The molecule has 21 heavy (non-hydrogen) atoms. The molecule has 1 aromatic heterocycles. The summed E-state index contributed by atoms with van der Waals surface area (Å²) in [7, 11) is 1.88. The lowest BCUT2D eigenvalue weighted by Gasteiger charge is -2.11. The maximum atomic E-state index is 11.6. The van der Waals surface area contributed by atoms with Crippen LogP contribution in [0.4, 0.5) is 0 Å². The summed E-state index contributed by atoms with van der Waals surface area (Å²) in [5.41, 5.74) is 1.02. The summed E-state index contributed by atoms with van der Waals surface area (Å²) in [6.45, 7) is 3.51. The minimum Gasteiger partial charge on any atom is -0.357 e. The van der Waals surface area contributed by atoms with Crippen LogP contribution < -0.4 is 16.0 Å². The van der Waals surface area contributed by atoms with Gasteiger partial charge in [0.15, 0.2) is 5.96 Å². The Balaban J connectivity index is 0.00000220. The quantitative estimate of drug-likeness (QED) is 0.362. The Labute approximate surface area is 142 Å². The summed E-state index contributed by atoms with van der Waals surface area (Å²) in [6.07, 6.45) is 3.94. The number of guanidine groups is 1. The molecule has 1 saturated carbocycles. The van der Waals surface area contributed by atoms with Crippen molar-refractivity contribution in [1.82, 2.24) is 25.7 Å². The number of aromatic nitrogens is 2. The molecule has 0 spiro atoms. The Morgan fingerprint density at radius 1 is 1.48 bits per heavy atom. The second kappa shape index (κ2) is 8.85.